The summed E-state index contributed by atoms with van der Waals surface area (Å²) in [7, 11) is 0. The maximum absolute atomic E-state index is 13.4. The number of nitrogens with one attached hydrogen (secondary N) is 1. The number of aryl methyl sites for hydroxylation is 1. The molecular formula is C25H26F3NO. The Morgan fingerprint density at radius 3 is 2.03 bits per heavy atom. The molecule has 0 unspecified atom stereocenters. The molecule has 2 aromatic rings. The van der Waals surface area contributed by atoms with Crippen molar-refractivity contribution in [1.82, 2.24) is 5.32 Å². The first kappa shape index (κ1) is 19.7. The van der Waals surface area contributed by atoms with Gasteiger partial charge in [0.25, 0.3) is 5.91 Å². The molecule has 5 heteroatoms. The van der Waals surface area contributed by atoms with Crippen molar-refractivity contribution >= 4 is 5.91 Å². The molecular weight excluding hydrogens is 387 g/mol. The monoisotopic (exact) mass is 413 g/mol. The van der Waals surface area contributed by atoms with Gasteiger partial charge >= 0.3 is 6.18 Å². The number of alkyl halides is 3. The van der Waals surface area contributed by atoms with Gasteiger partial charge < -0.3 is 5.32 Å². The van der Waals surface area contributed by atoms with Gasteiger partial charge in [0.05, 0.1) is 5.56 Å². The Hall–Kier alpha value is -2.30. The fourth-order valence-electron chi connectivity index (χ4n) is 6.51. The number of halogens is 3. The topological polar surface area (TPSA) is 29.1 Å². The molecule has 2 nitrogen and oxygen atoms in total. The summed E-state index contributed by atoms with van der Waals surface area (Å²) >= 11 is 0. The molecule has 4 saturated carbocycles. The molecule has 0 aliphatic heterocycles. The molecule has 4 bridgehead atoms. The zero-order chi connectivity index (χ0) is 21.1. The fraction of sp³-hybridized carbons (Fsp3) is 0.480. The summed E-state index contributed by atoms with van der Waals surface area (Å²) in [5, 5.41) is 3.39. The smallest absolute Gasteiger partial charge is 0.347 e. The molecule has 1 amide bonds. The normalized spacial score (nSPS) is 29.8. The lowest BCUT2D eigenvalue weighted by Gasteiger charge is -2.56. The summed E-state index contributed by atoms with van der Waals surface area (Å²) in [4.78, 5) is 13.4. The van der Waals surface area contributed by atoms with Gasteiger partial charge in [0, 0.05) is 11.1 Å². The van der Waals surface area contributed by atoms with Gasteiger partial charge in [0.2, 0.25) is 0 Å². The Balaban J connectivity index is 1.44. The van der Waals surface area contributed by atoms with Gasteiger partial charge in [-0.05, 0) is 92.5 Å². The van der Waals surface area contributed by atoms with Crippen molar-refractivity contribution in [3.8, 4) is 11.1 Å². The van der Waals surface area contributed by atoms with Gasteiger partial charge in [-0.15, -0.1) is 0 Å². The summed E-state index contributed by atoms with van der Waals surface area (Å²) < 4.78 is 38.8. The van der Waals surface area contributed by atoms with Crippen LogP contribution in [0.25, 0.3) is 11.1 Å². The third-order valence-electron chi connectivity index (χ3n) is 7.36. The van der Waals surface area contributed by atoms with E-state index in [1.54, 1.807) is 6.07 Å². The molecule has 4 aliphatic rings. The van der Waals surface area contributed by atoms with Crippen LogP contribution in [0.15, 0.2) is 42.5 Å². The lowest BCUT2D eigenvalue weighted by molar-refractivity contribution is -0.137. The van der Waals surface area contributed by atoms with E-state index in [1.807, 2.05) is 19.1 Å². The Bertz CT molecular complexity index is 942. The Morgan fingerprint density at radius 2 is 1.50 bits per heavy atom. The Kier molecular flexibility index (Phi) is 4.49. The van der Waals surface area contributed by atoms with E-state index < -0.39 is 11.7 Å². The third-order valence-corrected chi connectivity index (χ3v) is 7.36. The highest BCUT2D eigenvalue weighted by Crippen LogP contribution is 2.55. The van der Waals surface area contributed by atoms with Gasteiger partial charge in [-0.2, -0.15) is 13.2 Å². The number of carbonyl (C=O) groups excluding carboxylic acids is 1. The highest BCUT2D eigenvalue weighted by Gasteiger charge is 2.51. The molecule has 30 heavy (non-hydrogen) atoms. The summed E-state index contributed by atoms with van der Waals surface area (Å²) in [6.45, 7) is 1.92. The average Bonchev–Trinajstić information content (AvgIpc) is 2.66. The van der Waals surface area contributed by atoms with Crippen molar-refractivity contribution in [3.05, 3.63) is 59.2 Å². The number of rotatable bonds is 3. The Morgan fingerprint density at radius 1 is 0.933 bits per heavy atom. The van der Waals surface area contributed by atoms with Crippen molar-refractivity contribution in [2.45, 2.75) is 57.2 Å². The highest BCUT2D eigenvalue weighted by molar-refractivity contribution is 6.01. The highest BCUT2D eigenvalue weighted by atomic mass is 19.4. The minimum absolute atomic E-state index is 0.103. The van der Waals surface area contributed by atoms with Gasteiger partial charge in [0.1, 0.15) is 0 Å². The van der Waals surface area contributed by atoms with Crippen LogP contribution in [0.5, 0.6) is 0 Å². The van der Waals surface area contributed by atoms with Gasteiger partial charge in [-0.1, -0.05) is 29.8 Å². The SMILES string of the molecule is Cc1ccc(C(=O)NC23CC4CC(CC(C4)C2)C3)c(-c2ccc(C(F)(F)F)cc2)c1. The average molecular weight is 413 g/mol. The third kappa shape index (κ3) is 3.52. The number of hydrogen-bond acceptors (Lipinski definition) is 1. The van der Waals surface area contributed by atoms with E-state index >= 15 is 0 Å². The van der Waals surface area contributed by atoms with E-state index in [9.17, 15) is 18.0 Å². The second kappa shape index (κ2) is 6.86. The van der Waals surface area contributed by atoms with Crippen molar-refractivity contribution in [2.75, 3.05) is 0 Å². The molecule has 0 spiro atoms. The van der Waals surface area contributed by atoms with Crippen molar-refractivity contribution < 1.29 is 18.0 Å². The molecule has 0 saturated heterocycles. The lowest BCUT2D eigenvalue weighted by Crippen LogP contribution is -2.59. The molecule has 4 aliphatic carbocycles. The first-order valence-electron chi connectivity index (χ1n) is 10.8. The molecule has 0 aromatic heterocycles. The standard InChI is InChI=1S/C25H26F3NO/c1-15-2-7-21(22(8-15)19-3-5-20(6-4-19)25(26,27)28)23(30)29-24-12-16-9-17(13-24)11-18(10-16)14-24/h2-8,16-18H,9-14H2,1H3,(H,29,30). The van der Waals surface area contributed by atoms with Crippen molar-refractivity contribution in [2.24, 2.45) is 17.8 Å². The predicted octanol–water partition coefficient (Wildman–Crippen LogP) is 6.38. The molecule has 0 heterocycles. The summed E-state index contributed by atoms with van der Waals surface area (Å²) in [5.74, 6) is 2.07. The van der Waals surface area contributed by atoms with Crippen LogP contribution in [0.2, 0.25) is 0 Å². The maximum Gasteiger partial charge on any atom is 0.416 e. The first-order chi connectivity index (χ1) is 14.2. The van der Waals surface area contributed by atoms with E-state index in [1.165, 1.54) is 31.4 Å². The van der Waals surface area contributed by atoms with E-state index in [0.29, 0.717) is 16.7 Å². The minimum atomic E-state index is -4.37. The van der Waals surface area contributed by atoms with Crippen LogP contribution in [0.4, 0.5) is 13.2 Å². The number of amides is 1. The van der Waals surface area contributed by atoms with Crippen LogP contribution in [0.1, 0.15) is 60.0 Å². The molecule has 158 valence electrons. The van der Waals surface area contributed by atoms with Crippen LogP contribution in [0.3, 0.4) is 0 Å². The molecule has 6 rings (SSSR count). The maximum atomic E-state index is 13.4. The second-order valence-corrected chi connectivity index (χ2v) is 9.78. The molecule has 1 N–H and O–H groups in total. The molecule has 2 aromatic carbocycles. The van der Waals surface area contributed by atoms with Crippen LogP contribution in [0, 0.1) is 24.7 Å². The summed E-state index contributed by atoms with van der Waals surface area (Å²) in [6, 6.07) is 10.7. The zero-order valence-corrected chi connectivity index (χ0v) is 17.1. The minimum Gasteiger partial charge on any atom is -0.347 e. The van der Waals surface area contributed by atoms with Crippen LogP contribution in [-0.4, -0.2) is 11.4 Å². The molecule has 0 radical (unpaired) electrons. The summed E-state index contributed by atoms with van der Waals surface area (Å²) in [6.07, 6.45) is 2.72. The van der Waals surface area contributed by atoms with E-state index in [-0.39, 0.29) is 11.4 Å². The second-order valence-electron chi connectivity index (χ2n) is 9.78. The first-order valence-corrected chi connectivity index (χ1v) is 10.8. The summed E-state index contributed by atoms with van der Waals surface area (Å²) in [5.41, 5.74) is 2.04. The Labute approximate surface area is 174 Å². The number of benzene rings is 2. The van der Waals surface area contributed by atoms with E-state index in [2.05, 4.69) is 5.32 Å². The molecule has 4 fully saturated rings. The predicted molar refractivity (Wildman–Crippen MR) is 110 cm³/mol. The lowest BCUT2D eigenvalue weighted by atomic mass is 9.53. The van der Waals surface area contributed by atoms with E-state index in [0.717, 1.165) is 54.7 Å². The molecule has 0 atom stereocenters. The number of hydrogen-bond donors (Lipinski definition) is 1. The van der Waals surface area contributed by atoms with E-state index in [4.69, 9.17) is 0 Å². The largest absolute Gasteiger partial charge is 0.416 e. The quantitative estimate of drug-likeness (QED) is 0.622. The van der Waals surface area contributed by atoms with Gasteiger partial charge in [-0.25, -0.2) is 0 Å². The van der Waals surface area contributed by atoms with Crippen LogP contribution < -0.4 is 5.32 Å². The fourth-order valence-corrected chi connectivity index (χ4v) is 6.51. The van der Waals surface area contributed by atoms with Gasteiger partial charge in [-0.3, -0.25) is 4.79 Å². The van der Waals surface area contributed by atoms with Crippen molar-refractivity contribution in [1.29, 1.82) is 0 Å². The van der Waals surface area contributed by atoms with Crippen LogP contribution in [-0.2, 0) is 6.18 Å². The zero-order valence-electron chi connectivity index (χ0n) is 17.1. The van der Waals surface area contributed by atoms with Gasteiger partial charge in [0.15, 0.2) is 0 Å². The van der Waals surface area contributed by atoms with Crippen molar-refractivity contribution in [3.63, 3.8) is 0 Å². The van der Waals surface area contributed by atoms with Crippen LogP contribution >= 0.6 is 0 Å². The number of carbonyl (C=O) groups is 1.